The average Bonchev–Trinajstić information content (AvgIpc) is 3.18. The fourth-order valence-electron chi connectivity index (χ4n) is 1.27. The molecule has 0 aliphatic carbocycles. The second-order valence-corrected chi connectivity index (χ2v) is 3.69. The maximum atomic E-state index is 11.3. The largest absolute Gasteiger partial charge is 0.497 e. The third kappa shape index (κ3) is 3.92. The third-order valence-electron chi connectivity index (χ3n) is 2.34. The van der Waals surface area contributed by atoms with Gasteiger partial charge in [0, 0.05) is 6.08 Å². The molecule has 4 nitrogen and oxygen atoms in total. The summed E-state index contributed by atoms with van der Waals surface area (Å²) >= 11 is 0. The highest BCUT2D eigenvalue weighted by Crippen LogP contribution is 2.12. The fourth-order valence-corrected chi connectivity index (χ4v) is 1.27. The molecule has 0 N–H and O–H groups in total. The minimum Gasteiger partial charge on any atom is -0.497 e. The smallest absolute Gasteiger partial charge is 0.330 e. The van der Waals surface area contributed by atoms with E-state index >= 15 is 0 Å². The van der Waals surface area contributed by atoms with Gasteiger partial charge in [-0.2, -0.15) is 0 Å². The average molecular weight is 234 g/mol. The molecule has 0 aromatic heterocycles. The van der Waals surface area contributed by atoms with Crippen molar-refractivity contribution in [3.05, 3.63) is 35.9 Å². The van der Waals surface area contributed by atoms with Gasteiger partial charge < -0.3 is 14.2 Å². The van der Waals surface area contributed by atoms with Crippen molar-refractivity contribution in [2.75, 3.05) is 20.3 Å². The molecular formula is C13H14O4. The van der Waals surface area contributed by atoms with Crippen molar-refractivity contribution in [3.63, 3.8) is 0 Å². The van der Waals surface area contributed by atoms with Crippen molar-refractivity contribution in [2.45, 2.75) is 6.10 Å². The summed E-state index contributed by atoms with van der Waals surface area (Å²) in [6, 6.07) is 7.41. The first kappa shape index (κ1) is 11.7. The number of carbonyl (C=O) groups excluding carboxylic acids is 1. The van der Waals surface area contributed by atoms with E-state index in [0.29, 0.717) is 13.2 Å². The van der Waals surface area contributed by atoms with Crippen LogP contribution in [0.1, 0.15) is 5.56 Å². The Morgan fingerprint density at radius 3 is 2.76 bits per heavy atom. The number of benzene rings is 1. The number of epoxide rings is 1. The van der Waals surface area contributed by atoms with Gasteiger partial charge in [-0.05, 0) is 23.8 Å². The van der Waals surface area contributed by atoms with Crippen LogP contribution in [0, 0.1) is 0 Å². The predicted octanol–water partition coefficient (Wildman–Crippen LogP) is 1.65. The molecule has 1 aromatic rings. The maximum absolute atomic E-state index is 11.3. The molecule has 4 heteroatoms. The molecule has 1 fully saturated rings. The highest BCUT2D eigenvalue weighted by Gasteiger charge is 2.23. The first-order chi connectivity index (χ1) is 8.28. The van der Waals surface area contributed by atoms with Crippen molar-refractivity contribution in [1.82, 2.24) is 0 Å². The van der Waals surface area contributed by atoms with Crippen LogP contribution in [-0.2, 0) is 14.3 Å². The van der Waals surface area contributed by atoms with Gasteiger partial charge in [0.2, 0.25) is 0 Å². The van der Waals surface area contributed by atoms with Crippen LogP contribution in [0.25, 0.3) is 6.08 Å². The highest BCUT2D eigenvalue weighted by molar-refractivity contribution is 5.87. The molecular weight excluding hydrogens is 220 g/mol. The molecule has 1 aliphatic heterocycles. The third-order valence-corrected chi connectivity index (χ3v) is 2.34. The Bertz CT molecular complexity index is 404. The molecule has 1 aliphatic rings. The number of hydrogen-bond acceptors (Lipinski definition) is 4. The van der Waals surface area contributed by atoms with Crippen molar-refractivity contribution in [3.8, 4) is 5.75 Å². The molecule has 1 atom stereocenters. The van der Waals surface area contributed by atoms with E-state index in [2.05, 4.69) is 0 Å². The van der Waals surface area contributed by atoms with E-state index in [4.69, 9.17) is 14.2 Å². The molecule has 90 valence electrons. The summed E-state index contributed by atoms with van der Waals surface area (Å²) in [6.07, 6.45) is 3.22. The Morgan fingerprint density at radius 1 is 1.47 bits per heavy atom. The lowest BCUT2D eigenvalue weighted by molar-refractivity contribution is -0.138. The molecule has 0 radical (unpaired) electrons. The van der Waals surface area contributed by atoms with E-state index in [0.717, 1.165) is 11.3 Å². The van der Waals surface area contributed by atoms with E-state index in [1.165, 1.54) is 6.08 Å². The second kappa shape index (κ2) is 5.50. The lowest BCUT2D eigenvalue weighted by Gasteiger charge is -1.99. The van der Waals surface area contributed by atoms with Crippen LogP contribution < -0.4 is 4.74 Å². The van der Waals surface area contributed by atoms with Gasteiger partial charge in [-0.25, -0.2) is 4.79 Å². The number of hydrogen-bond donors (Lipinski definition) is 0. The van der Waals surface area contributed by atoms with E-state index in [1.54, 1.807) is 13.2 Å². The van der Waals surface area contributed by atoms with Gasteiger partial charge in [0.1, 0.15) is 18.5 Å². The predicted molar refractivity (Wildman–Crippen MR) is 62.7 cm³/mol. The lowest BCUT2D eigenvalue weighted by Crippen LogP contribution is -2.06. The highest BCUT2D eigenvalue weighted by atomic mass is 16.6. The number of rotatable bonds is 5. The van der Waals surface area contributed by atoms with Gasteiger partial charge in [-0.15, -0.1) is 0 Å². The van der Waals surface area contributed by atoms with Crippen LogP contribution >= 0.6 is 0 Å². The van der Waals surface area contributed by atoms with E-state index < -0.39 is 0 Å². The summed E-state index contributed by atoms with van der Waals surface area (Å²) in [4.78, 5) is 11.3. The number of carbonyl (C=O) groups is 1. The Hall–Kier alpha value is -1.81. The van der Waals surface area contributed by atoms with Gasteiger partial charge in [0.15, 0.2) is 0 Å². The Balaban J connectivity index is 1.82. The topological polar surface area (TPSA) is 48.1 Å². The molecule has 2 rings (SSSR count). The first-order valence-corrected chi connectivity index (χ1v) is 5.38. The first-order valence-electron chi connectivity index (χ1n) is 5.38. The monoisotopic (exact) mass is 234 g/mol. The summed E-state index contributed by atoms with van der Waals surface area (Å²) in [7, 11) is 1.61. The zero-order chi connectivity index (χ0) is 12.1. The molecule has 1 aromatic carbocycles. The van der Waals surface area contributed by atoms with Gasteiger partial charge in [-0.1, -0.05) is 12.1 Å². The lowest BCUT2D eigenvalue weighted by atomic mass is 10.2. The van der Waals surface area contributed by atoms with Crippen LogP contribution in [0.5, 0.6) is 5.75 Å². The van der Waals surface area contributed by atoms with Crippen molar-refractivity contribution in [1.29, 1.82) is 0 Å². The van der Waals surface area contributed by atoms with Crippen LogP contribution in [0.3, 0.4) is 0 Å². The number of esters is 1. The molecule has 0 amide bonds. The summed E-state index contributed by atoms with van der Waals surface area (Å²) < 4.78 is 14.9. The maximum Gasteiger partial charge on any atom is 0.330 e. The van der Waals surface area contributed by atoms with E-state index in [1.807, 2.05) is 24.3 Å². The summed E-state index contributed by atoms with van der Waals surface area (Å²) in [5.41, 5.74) is 0.922. The minimum absolute atomic E-state index is 0.105. The molecule has 0 saturated carbocycles. The fraction of sp³-hybridized carbons (Fsp3) is 0.308. The second-order valence-electron chi connectivity index (χ2n) is 3.69. The van der Waals surface area contributed by atoms with Gasteiger partial charge >= 0.3 is 5.97 Å². The van der Waals surface area contributed by atoms with E-state index in [9.17, 15) is 4.79 Å². The molecule has 0 bridgehead atoms. The summed E-state index contributed by atoms with van der Waals surface area (Å²) in [6.45, 7) is 1.03. The summed E-state index contributed by atoms with van der Waals surface area (Å²) in [5.74, 6) is 0.437. The van der Waals surface area contributed by atoms with Crippen LogP contribution in [0.2, 0.25) is 0 Å². The van der Waals surface area contributed by atoms with Crippen LogP contribution in [0.15, 0.2) is 30.3 Å². The Labute approximate surface area is 99.8 Å². The van der Waals surface area contributed by atoms with Crippen LogP contribution in [-0.4, -0.2) is 32.4 Å². The number of methoxy groups -OCH3 is 1. The molecule has 1 heterocycles. The molecule has 0 spiro atoms. The summed E-state index contributed by atoms with van der Waals surface area (Å²) in [5, 5.41) is 0. The quantitative estimate of drug-likeness (QED) is 0.441. The van der Waals surface area contributed by atoms with Crippen molar-refractivity contribution >= 4 is 12.0 Å². The van der Waals surface area contributed by atoms with Gasteiger partial charge in [0.05, 0.1) is 13.7 Å². The molecule has 17 heavy (non-hydrogen) atoms. The standard InChI is InChI=1S/C13H14O4/c1-15-11-5-2-10(3-6-11)4-7-13(14)17-9-12-8-16-12/h2-7,12H,8-9H2,1H3. The number of ether oxygens (including phenoxy) is 3. The van der Waals surface area contributed by atoms with Crippen molar-refractivity contribution < 1.29 is 19.0 Å². The normalized spacial score (nSPS) is 18.1. The zero-order valence-corrected chi connectivity index (χ0v) is 9.59. The van der Waals surface area contributed by atoms with Crippen molar-refractivity contribution in [2.24, 2.45) is 0 Å². The minimum atomic E-state index is -0.351. The van der Waals surface area contributed by atoms with Gasteiger partial charge in [-0.3, -0.25) is 0 Å². The van der Waals surface area contributed by atoms with E-state index in [-0.39, 0.29) is 12.1 Å². The molecule has 1 saturated heterocycles. The van der Waals surface area contributed by atoms with Gasteiger partial charge in [0.25, 0.3) is 0 Å². The Kier molecular flexibility index (Phi) is 3.77. The van der Waals surface area contributed by atoms with Crippen LogP contribution in [0.4, 0.5) is 0 Å². The SMILES string of the molecule is COc1ccc(C=CC(=O)OCC2CO2)cc1. The Morgan fingerprint density at radius 2 is 2.18 bits per heavy atom. The zero-order valence-electron chi connectivity index (χ0n) is 9.59. The molecule has 1 unspecified atom stereocenters.